The number of hydrogen-bond donors (Lipinski definition) is 2. The summed E-state index contributed by atoms with van der Waals surface area (Å²) in [5.41, 5.74) is 0. The molecular formula is C12H14ClNO5S. The predicted octanol–water partition coefficient (Wildman–Crippen LogP) is 0.796. The molecule has 1 aliphatic rings. The predicted molar refractivity (Wildman–Crippen MR) is 72.0 cm³/mol. The molecule has 2 rings (SSSR count). The molecule has 1 fully saturated rings. The summed E-state index contributed by atoms with van der Waals surface area (Å²) in [6.45, 7) is -0.202. The van der Waals surface area contributed by atoms with Crippen molar-refractivity contribution >= 4 is 27.6 Å². The summed E-state index contributed by atoms with van der Waals surface area (Å²) in [5, 5.41) is 18.8. The fourth-order valence-electron chi connectivity index (χ4n) is 2.20. The summed E-state index contributed by atoms with van der Waals surface area (Å²) >= 11 is 5.88. The molecule has 1 aromatic rings. The number of carboxylic acids is 1. The lowest BCUT2D eigenvalue weighted by Gasteiger charge is -2.33. The van der Waals surface area contributed by atoms with Gasteiger partial charge in [0.2, 0.25) is 10.0 Å². The number of carboxylic acid groups (broad SMARTS) is 1. The minimum atomic E-state index is -3.83. The number of halogens is 1. The van der Waals surface area contributed by atoms with E-state index in [0.29, 0.717) is 0 Å². The number of carbonyl (C=O) groups is 1. The highest BCUT2D eigenvalue weighted by atomic mass is 35.5. The van der Waals surface area contributed by atoms with Crippen LogP contribution in [0.4, 0.5) is 0 Å². The van der Waals surface area contributed by atoms with Gasteiger partial charge in [0.15, 0.2) is 0 Å². The van der Waals surface area contributed by atoms with Gasteiger partial charge in [-0.05, 0) is 18.6 Å². The number of sulfonamides is 1. The van der Waals surface area contributed by atoms with E-state index in [4.69, 9.17) is 16.7 Å². The van der Waals surface area contributed by atoms with Gasteiger partial charge in [-0.25, -0.2) is 8.42 Å². The van der Waals surface area contributed by atoms with E-state index in [1.807, 2.05) is 0 Å². The summed E-state index contributed by atoms with van der Waals surface area (Å²) in [7, 11) is -3.83. The molecule has 8 heteroatoms. The molecule has 20 heavy (non-hydrogen) atoms. The van der Waals surface area contributed by atoms with Crippen molar-refractivity contribution in [1.29, 1.82) is 0 Å². The molecule has 1 saturated heterocycles. The third-order valence-electron chi connectivity index (χ3n) is 3.32. The van der Waals surface area contributed by atoms with Gasteiger partial charge in [0, 0.05) is 13.1 Å². The Morgan fingerprint density at radius 2 is 2.00 bits per heavy atom. The van der Waals surface area contributed by atoms with Crippen LogP contribution in [0.15, 0.2) is 29.2 Å². The van der Waals surface area contributed by atoms with Gasteiger partial charge in [0.25, 0.3) is 0 Å². The molecule has 2 atom stereocenters. The van der Waals surface area contributed by atoms with Gasteiger partial charge in [0.1, 0.15) is 4.90 Å². The van der Waals surface area contributed by atoms with Gasteiger partial charge in [-0.3, -0.25) is 4.79 Å². The monoisotopic (exact) mass is 319 g/mol. The van der Waals surface area contributed by atoms with Crippen LogP contribution in [0, 0.1) is 5.92 Å². The van der Waals surface area contributed by atoms with Gasteiger partial charge < -0.3 is 10.2 Å². The maximum Gasteiger partial charge on any atom is 0.309 e. The van der Waals surface area contributed by atoms with E-state index in [-0.39, 0.29) is 29.4 Å². The van der Waals surface area contributed by atoms with Crippen molar-refractivity contribution in [3.05, 3.63) is 29.3 Å². The van der Waals surface area contributed by atoms with Crippen molar-refractivity contribution < 1.29 is 23.4 Å². The van der Waals surface area contributed by atoms with Gasteiger partial charge in [0.05, 0.1) is 17.0 Å². The molecule has 0 aromatic heterocycles. The van der Waals surface area contributed by atoms with Gasteiger partial charge >= 0.3 is 5.97 Å². The lowest BCUT2D eigenvalue weighted by atomic mass is 9.95. The number of nitrogens with zero attached hydrogens (tertiary/aromatic N) is 1. The number of aliphatic hydroxyl groups excluding tert-OH is 1. The number of aliphatic carboxylic acids is 1. The fourth-order valence-corrected chi connectivity index (χ4v) is 4.17. The minimum absolute atomic E-state index is 0.0392. The Labute approximate surface area is 121 Å². The summed E-state index contributed by atoms with van der Waals surface area (Å²) in [6, 6.07) is 6.02. The van der Waals surface area contributed by atoms with E-state index in [2.05, 4.69) is 0 Å². The van der Waals surface area contributed by atoms with Crippen molar-refractivity contribution in [2.75, 3.05) is 13.1 Å². The molecule has 1 aliphatic heterocycles. The van der Waals surface area contributed by atoms with E-state index in [1.165, 1.54) is 12.1 Å². The van der Waals surface area contributed by atoms with Crippen LogP contribution in [-0.4, -0.2) is 48.1 Å². The average Bonchev–Trinajstić information content (AvgIpc) is 2.38. The molecule has 6 nitrogen and oxygen atoms in total. The van der Waals surface area contributed by atoms with Crippen LogP contribution >= 0.6 is 11.6 Å². The van der Waals surface area contributed by atoms with Crippen molar-refractivity contribution in [2.24, 2.45) is 5.92 Å². The van der Waals surface area contributed by atoms with Crippen LogP contribution < -0.4 is 0 Å². The molecule has 0 spiro atoms. The van der Waals surface area contributed by atoms with Crippen molar-refractivity contribution in [3.63, 3.8) is 0 Å². The van der Waals surface area contributed by atoms with E-state index in [1.54, 1.807) is 12.1 Å². The standard InChI is InChI=1S/C12H14ClNO5S/c13-9-3-1-2-4-11(9)20(18,19)14-6-5-8(12(16)17)10(15)7-14/h1-4,8,10,15H,5-7H2,(H,16,17)/t8-,10+/m0/s1. The van der Waals surface area contributed by atoms with Crippen molar-refractivity contribution in [1.82, 2.24) is 4.31 Å². The smallest absolute Gasteiger partial charge is 0.309 e. The normalized spacial score (nSPS) is 24.5. The lowest BCUT2D eigenvalue weighted by molar-refractivity contribution is -0.147. The largest absolute Gasteiger partial charge is 0.481 e. The summed E-state index contributed by atoms with van der Waals surface area (Å²) in [6.07, 6.45) is -1.15. The quantitative estimate of drug-likeness (QED) is 0.859. The molecule has 0 bridgehead atoms. The Bertz CT molecular complexity index is 618. The molecule has 0 unspecified atom stereocenters. The van der Waals surface area contributed by atoms with Crippen LogP contribution in [0.25, 0.3) is 0 Å². The Balaban J connectivity index is 2.25. The zero-order chi connectivity index (χ0) is 14.9. The van der Waals surface area contributed by atoms with Crippen LogP contribution in [0.2, 0.25) is 5.02 Å². The number of aliphatic hydroxyl groups is 1. The zero-order valence-electron chi connectivity index (χ0n) is 10.4. The number of hydrogen-bond acceptors (Lipinski definition) is 4. The first-order valence-corrected chi connectivity index (χ1v) is 7.81. The lowest BCUT2D eigenvalue weighted by Crippen LogP contribution is -2.48. The van der Waals surface area contributed by atoms with E-state index in [0.717, 1.165) is 4.31 Å². The molecule has 0 amide bonds. The SMILES string of the molecule is O=C(O)[C@H]1CCN(S(=O)(=O)c2ccccc2Cl)C[C@H]1O. The van der Waals surface area contributed by atoms with Crippen molar-refractivity contribution in [3.8, 4) is 0 Å². The summed E-state index contributed by atoms with van der Waals surface area (Å²) in [4.78, 5) is 10.9. The van der Waals surface area contributed by atoms with Gasteiger partial charge in [-0.2, -0.15) is 4.31 Å². The number of piperidine rings is 1. The van der Waals surface area contributed by atoms with Crippen LogP contribution in [0.1, 0.15) is 6.42 Å². The third-order valence-corrected chi connectivity index (χ3v) is 5.68. The van der Waals surface area contributed by atoms with Crippen LogP contribution in [0.5, 0.6) is 0 Å². The highest BCUT2D eigenvalue weighted by Crippen LogP contribution is 2.28. The van der Waals surface area contributed by atoms with E-state index >= 15 is 0 Å². The Morgan fingerprint density at radius 3 is 2.55 bits per heavy atom. The molecule has 0 saturated carbocycles. The molecular weight excluding hydrogens is 306 g/mol. The number of benzene rings is 1. The topological polar surface area (TPSA) is 94.9 Å². The molecule has 0 radical (unpaired) electrons. The van der Waals surface area contributed by atoms with Crippen LogP contribution in [0.3, 0.4) is 0 Å². The fraction of sp³-hybridized carbons (Fsp3) is 0.417. The molecule has 0 aliphatic carbocycles. The minimum Gasteiger partial charge on any atom is -0.481 e. The highest BCUT2D eigenvalue weighted by Gasteiger charge is 2.38. The first-order chi connectivity index (χ1) is 9.34. The second kappa shape index (κ2) is 5.69. The van der Waals surface area contributed by atoms with E-state index in [9.17, 15) is 18.3 Å². The molecule has 1 heterocycles. The maximum atomic E-state index is 12.4. The first kappa shape index (κ1) is 15.2. The first-order valence-electron chi connectivity index (χ1n) is 5.99. The summed E-state index contributed by atoms with van der Waals surface area (Å²) in [5.74, 6) is -2.06. The second-order valence-corrected chi connectivity index (χ2v) is 6.91. The summed E-state index contributed by atoms with van der Waals surface area (Å²) < 4.78 is 25.9. The zero-order valence-corrected chi connectivity index (χ0v) is 12.0. The Hall–Kier alpha value is -1.15. The second-order valence-electron chi connectivity index (χ2n) is 4.59. The Morgan fingerprint density at radius 1 is 1.35 bits per heavy atom. The van der Waals surface area contributed by atoms with Crippen molar-refractivity contribution in [2.45, 2.75) is 17.4 Å². The van der Waals surface area contributed by atoms with Gasteiger partial charge in [-0.15, -0.1) is 0 Å². The molecule has 1 aromatic carbocycles. The maximum absolute atomic E-state index is 12.4. The average molecular weight is 320 g/mol. The van der Waals surface area contributed by atoms with Gasteiger partial charge in [-0.1, -0.05) is 23.7 Å². The Kier molecular flexibility index (Phi) is 4.33. The van der Waals surface area contributed by atoms with Crippen LogP contribution in [-0.2, 0) is 14.8 Å². The van der Waals surface area contributed by atoms with E-state index < -0.39 is 28.0 Å². The molecule has 110 valence electrons. The number of β-amino-alcohol motifs (C(OH)–C–C–N with tert-alkyl or cyclic N) is 1. The highest BCUT2D eigenvalue weighted by molar-refractivity contribution is 7.89. The third kappa shape index (κ3) is 2.80. The number of rotatable bonds is 3. The molecule has 2 N–H and O–H groups in total.